The lowest BCUT2D eigenvalue weighted by Gasteiger charge is -2.00. The Morgan fingerprint density at radius 2 is 2.05 bits per heavy atom. The van der Waals surface area contributed by atoms with E-state index < -0.39 is 0 Å². The van der Waals surface area contributed by atoms with Gasteiger partial charge in [0.2, 0.25) is 0 Å². The molecule has 5 nitrogen and oxygen atoms in total. The standard InChI is InChI=1S/C13H8BrN3O2/c14-10-2-1-3-11-9(10)4-12(19-11)13(18)17-8-5-15-7-16-6-8/h1-7H,(H,17,18). The molecule has 3 aromatic rings. The molecule has 0 saturated carbocycles. The van der Waals surface area contributed by atoms with E-state index in [1.807, 2.05) is 18.2 Å². The summed E-state index contributed by atoms with van der Waals surface area (Å²) in [4.78, 5) is 19.7. The molecule has 2 aromatic heterocycles. The first kappa shape index (κ1) is 11.9. The van der Waals surface area contributed by atoms with E-state index in [1.165, 1.54) is 18.7 Å². The summed E-state index contributed by atoms with van der Waals surface area (Å²) in [6.07, 6.45) is 4.43. The lowest BCUT2D eigenvalue weighted by molar-refractivity contribution is 0.0998. The number of nitrogens with zero attached hydrogens (tertiary/aromatic N) is 2. The average Bonchev–Trinajstić information content (AvgIpc) is 2.85. The molecule has 94 valence electrons. The van der Waals surface area contributed by atoms with Crippen LogP contribution in [0.15, 0.2) is 51.9 Å². The van der Waals surface area contributed by atoms with Crippen LogP contribution in [-0.4, -0.2) is 15.9 Å². The van der Waals surface area contributed by atoms with Crippen LogP contribution in [0.1, 0.15) is 10.6 Å². The summed E-state index contributed by atoms with van der Waals surface area (Å²) >= 11 is 3.41. The van der Waals surface area contributed by atoms with Crippen LogP contribution in [0.2, 0.25) is 0 Å². The predicted molar refractivity (Wildman–Crippen MR) is 73.9 cm³/mol. The van der Waals surface area contributed by atoms with E-state index in [0.29, 0.717) is 11.3 Å². The maximum atomic E-state index is 12.0. The van der Waals surface area contributed by atoms with Gasteiger partial charge in [0.15, 0.2) is 5.76 Å². The Balaban J connectivity index is 1.92. The monoisotopic (exact) mass is 317 g/mol. The van der Waals surface area contributed by atoms with Gasteiger partial charge in [0.05, 0.1) is 18.1 Å². The Labute approximate surface area is 116 Å². The first-order valence-corrected chi connectivity index (χ1v) is 6.28. The number of carbonyl (C=O) groups excluding carboxylic acids is 1. The van der Waals surface area contributed by atoms with Gasteiger partial charge >= 0.3 is 0 Å². The summed E-state index contributed by atoms with van der Waals surface area (Å²) in [5.41, 5.74) is 1.18. The van der Waals surface area contributed by atoms with Crippen LogP contribution in [-0.2, 0) is 0 Å². The van der Waals surface area contributed by atoms with E-state index >= 15 is 0 Å². The molecule has 1 N–H and O–H groups in total. The van der Waals surface area contributed by atoms with Crippen molar-refractivity contribution in [2.24, 2.45) is 0 Å². The Kier molecular flexibility index (Phi) is 3.00. The van der Waals surface area contributed by atoms with Crippen molar-refractivity contribution >= 4 is 38.5 Å². The molecule has 0 saturated heterocycles. The minimum absolute atomic E-state index is 0.241. The van der Waals surface area contributed by atoms with E-state index in [1.54, 1.807) is 6.07 Å². The molecule has 0 aliphatic carbocycles. The second kappa shape index (κ2) is 4.81. The van der Waals surface area contributed by atoms with Gasteiger partial charge in [0.1, 0.15) is 11.9 Å². The highest BCUT2D eigenvalue weighted by molar-refractivity contribution is 9.10. The summed E-state index contributed by atoms with van der Waals surface area (Å²) in [5.74, 6) is -0.0938. The molecule has 0 unspecified atom stereocenters. The summed E-state index contributed by atoms with van der Waals surface area (Å²) in [7, 11) is 0. The summed E-state index contributed by atoms with van der Waals surface area (Å²) in [6, 6.07) is 7.24. The number of nitrogens with one attached hydrogen (secondary N) is 1. The number of hydrogen-bond acceptors (Lipinski definition) is 4. The number of carbonyl (C=O) groups is 1. The van der Waals surface area contributed by atoms with Crippen molar-refractivity contribution in [3.63, 3.8) is 0 Å². The number of hydrogen-bond donors (Lipinski definition) is 1. The van der Waals surface area contributed by atoms with Crippen molar-refractivity contribution in [3.05, 3.63) is 53.2 Å². The van der Waals surface area contributed by atoms with Crippen molar-refractivity contribution in [1.29, 1.82) is 0 Å². The zero-order valence-electron chi connectivity index (χ0n) is 9.63. The molecule has 2 heterocycles. The van der Waals surface area contributed by atoms with E-state index in [-0.39, 0.29) is 11.7 Å². The average molecular weight is 318 g/mol. The Hall–Kier alpha value is -2.21. The van der Waals surface area contributed by atoms with Crippen LogP contribution in [0, 0.1) is 0 Å². The van der Waals surface area contributed by atoms with Crippen molar-refractivity contribution in [2.75, 3.05) is 5.32 Å². The lowest BCUT2D eigenvalue weighted by atomic mass is 10.2. The van der Waals surface area contributed by atoms with Gasteiger partial charge in [-0.3, -0.25) is 4.79 Å². The quantitative estimate of drug-likeness (QED) is 0.787. The fourth-order valence-corrected chi connectivity index (χ4v) is 2.16. The molecule has 0 aliphatic heterocycles. The SMILES string of the molecule is O=C(Nc1cncnc1)c1cc2c(Br)cccc2o1. The van der Waals surface area contributed by atoms with Crippen molar-refractivity contribution in [1.82, 2.24) is 9.97 Å². The second-order valence-corrected chi connectivity index (χ2v) is 4.70. The number of aromatic nitrogens is 2. The fraction of sp³-hybridized carbons (Fsp3) is 0. The molecule has 0 radical (unpaired) electrons. The summed E-state index contributed by atoms with van der Waals surface area (Å²) in [5, 5.41) is 3.52. The van der Waals surface area contributed by atoms with E-state index in [2.05, 4.69) is 31.2 Å². The van der Waals surface area contributed by atoms with Crippen LogP contribution in [0.5, 0.6) is 0 Å². The van der Waals surface area contributed by atoms with Gasteiger partial charge in [0, 0.05) is 9.86 Å². The van der Waals surface area contributed by atoms with Crippen molar-refractivity contribution < 1.29 is 9.21 Å². The summed E-state index contributed by atoms with van der Waals surface area (Å²) < 4.78 is 6.39. The fourth-order valence-electron chi connectivity index (χ4n) is 1.69. The van der Waals surface area contributed by atoms with Crippen molar-refractivity contribution in [3.8, 4) is 0 Å². The Bertz CT molecular complexity index is 740. The topological polar surface area (TPSA) is 68.0 Å². The number of anilines is 1. The molecule has 1 aromatic carbocycles. The Morgan fingerprint density at radius 1 is 1.26 bits per heavy atom. The first-order chi connectivity index (χ1) is 9.24. The number of benzene rings is 1. The van der Waals surface area contributed by atoms with Crippen LogP contribution in [0.4, 0.5) is 5.69 Å². The molecule has 0 atom stereocenters. The van der Waals surface area contributed by atoms with Crippen LogP contribution in [0.3, 0.4) is 0 Å². The van der Waals surface area contributed by atoms with E-state index in [4.69, 9.17) is 4.42 Å². The predicted octanol–water partition coefficient (Wildman–Crippen LogP) is 3.24. The molecule has 19 heavy (non-hydrogen) atoms. The van der Waals surface area contributed by atoms with Crippen LogP contribution < -0.4 is 5.32 Å². The van der Waals surface area contributed by atoms with Gasteiger partial charge in [-0.1, -0.05) is 22.0 Å². The third kappa shape index (κ3) is 2.34. The molecule has 0 aliphatic rings. The zero-order valence-corrected chi connectivity index (χ0v) is 11.2. The number of halogens is 1. The Morgan fingerprint density at radius 3 is 2.79 bits per heavy atom. The van der Waals surface area contributed by atoms with Gasteiger partial charge in [0.25, 0.3) is 5.91 Å². The van der Waals surface area contributed by atoms with E-state index in [9.17, 15) is 4.79 Å². The van der Waals surface area contributed by atoms with Gasteiger partial charge < -0.3 is 9.73 Å². The van der Waals surface area contributed by atoms with Gasteiger partial charge in [-0.05, 0) is 18.2 Å². The third-order valence-corrected chi connectivity index (χ3v) is 3.24. The van der Waals surface area contributed by atoms with Gasteiger partial charge in [-0.25, -0.2) is 9.97 Å². The summed E-state index contributed by atoms with van der Waals surface area (Å²) in [6.45, 7) is 0. The third-order valence-electron chi connectivity index (χ3n) is 2.55. The maximum absolute atomic E-state index is 12.0. The smallest absolute Gasteiger partial charge is 0.291 e. The minimum atomic E-state index is -0.335. The number of rotatable bonds is 2. The number of amides is 1. The molecule has 0 fully saturated rings. The molecule has 6 heteroatoms. The maximum Gasteiger partial charge on any atom is 0.291 e. The van der Waals surface area contributed by atoms with Crippen LogP contribution in [0.25, 0.3) is 11.0 Å². The first-order valence-electron chi connectivity index (χ1n) is 5.48. The van der Waals surface area contributed by atoms with Crippen LogP contribution >= 0.6 is 15.9 Å². The number of fused-ring (bicyclic) bond motifs is 1. The normalized spacial score (nSPS) is 10.6. The highest BCUT2D eigenvalue weighted by atomic mass is 79.9. The van der Waals surface area contributed by atoms with E-state index in [0.717, 1.165) is 9.86 Å². The highest BCUT2D eigenvalue weighted by Gasteiger charge is 2.13. The molecular weight excluding hydrogens is 310 g/mol. The van der Waals surface area contributed by atoms with Gasteiger partial charge in [-0.2, -0.15) is 0 Å². The number of furan rings is 1. The highest BCUT2D eigenvalue weighted by Crippen LogP contribution is 2.27. The lowest BCUT2D eigenvalue weighted by Crippen LogP contribution is -2.11. The second-order valence-electron chi connectivity index (χ2n) is 3.84. The molecule has 0 spiro atoms. The molecule has 0 bridgehead atoms. The van der Waals surface area contributed by atoms with Gasteiger partial charge in [-0.15, -0.1) is 0 Å². The van der Waals surface area contributed by atoms with Crippen molar-refractivity contribution in [2.45, 2.75) is 0 Å². The molecular formula is C13H8BrN3O2. The molecule has 1 amide bonds. The minimum Gasteiger partial charge on any atom is -0.451 e. The molecule has 3 rings (SSSR count). The zero-order chi connectivity index (χ0) is 13.2. The largest absolute Gasteiger partial charge is 0.451 e.